The van der Waals surface area contributed by atoms with Crippen LogP contribution in [0.1, 0.15) is 33.1 Å². The standard InChI is InChI=1S/C13H22F2N2O/c1-9(2)5-10-3-4-17(7-10)12(18)11-6-13(14,15)8-16-11/h9-11,16H,3-8H2,1-2H3. The minimum atomic E-state index is -2.72. The van der Waals surface area contributed by atoms with Gasteiger partial charge in [-0.25, -0.2) is 8.78 Å². The molecule has 0 aromatic carbocycles. The van der Waals surface area contributed by atoms with Crippen LogP contribution in [0.15, 0.2) is 0 Å². The van der Waals surface area contributed by atoms with Gasteiger partial charge in [0.25, 0.3) is 5.92 Å². The molecule has 0 aromatic rings. The number of hydrogen-bond acceptors (Lipinski definition) is 2. The van der Waals surface area contributed by atoms with Crippen molar-refractivity contribution in [1.82, 2.24) is 10.2 Å². The fraction of sp³-hybridized carbons (Fsp3) is 0.923. The summed E-state index contributed by atoms with van der Waals surface area (Å²) >= 11 is 0. The normalized spacial score (nSPS) is 31.3. The molecule has 2 unspecified atom stereocenters. The van der Waals surface area contributed by atoms with E-state index in [1.165, 1.54) is 0 Å². The Morgan fingerprint density at radius 1 is 1.50 bits per heavy atom. The summed E-state index contributed by atoms with van der Waals surface area (Å²) in [4.78, 5) is 13.9. The first kappa shape index (κ1) is 13.7. The zero-order valence-corrected chi connectivity index (χ0v) is 11.1. The second-order valence-corrected chi connectivity index (χ2v) is 6.06. The van der Waals surface area contributed by atoms with Crippen LogP contribution in [0.4, 0.5) is 8.78 Å². The molecule has 2 atom stereocenters. The van der Waals surface area contributed by atoms with Crippen LogP contribution in [-0.2, 0) is 4.79 Å². The maximum atomic E-state index is 13.1. The third-order valence-electron chi connectivity index (χ3n) is 3.81. The first-order chi connectivity index (χ1) is 8.37. The number of carbonyl (C=O) groups is 1. The number of nitrogens with zero attached hydrogens (tertiary/aromatic N) is 1. The Bertz CT molecular complexity index is 320. The highest BCUT2D eigenvalue weighted by atomic mass is 19.3. The summed E-state index contributed by atoms with van der Waals surface area (Å²) in [5, 5.41) is 2.64. The van der Waals surface area contributed by atoms with E-state index in [4.69, 9.17) is 0 Å². The Hall–Kier alpha value is -0.710. The SMILES string of the molecule is CC(C)CC1CCN(C(=O)C2CC(F)(F)CN2)C1. The number of rotatable bonds is 3. The van der Waals surface area contributed by atoms with Crippen LogP contribution in [0, 0.1) is 11.8 Å². The van der Waals surface area contributed by atoms with Crippen molar-refractivity contribution < 1.29 is 13.6 Å². The van der Waals surface area contributed by atoms with Gasteiger partial charge in [0.05, 0.1) is 12.6 Å². The molecule has 3 nitrogen and oxygen atoms in total. The van der Waals surface area contributed by atoms with Gasteiger partial charge < -0.3 is 4.90 Å². The van der Waals surface area contributed by atoms with E-state index in [0.717, 1.165) is 25.9 Å². The third kappa shape index (κ3) is 3.19. The molecule has 18 heavy (non-hydrogen) atoms. The quantitative estimate of drug-likeness (QED) is 0.840. The van der Waals surface area contributed by atoms with Crippen LogP contribution < -0.4 is 5.32 Å². The molecule has 5 heteroatoms. The molecule has 2 aliphatic heterocycles. The van der Waals surface area contributed by atoms with E-state index in [1.807, 2.05) is 0 Å². The maximum Gasteiger partial charge on any atom is 0.262 e. The van der Waals surface area contributed by atoms with Gasteiger partial charge in [0.2, 0.25) is 5.91 Å². The molecule has 2 heterocycles. The predicted octanol–water partition coefficient (Wildman–Crippen LogP) is 1.88. The van der Waals surface area contributed by atoms with E-state index in [1.54, 1.807) is 4.90 Å². The van der Waals surface area contributed by atoms with Crippen LogP contribution in [0.25, 0.3) is 0 Å². The van der Waals surface area contributed by atoms with Gasteiger partial charge in [0, 0.05) is 19.5 Å². The molecule has 2 fully saturated rings. The van der Waals surface area contributed by atoms with E-state index >= 15 is 0 Å². The van der Waals surface area contributed by atoms with Crippen molar-refractivity contribution in [3.8, 4) is 0 Å². The van der Waals surface area contributed by atoms with Crippen molar-refractivity contribution in [3.63, 3.8) is 0 Å². The minimum Gasteiger partial charge on any atom is -0.341 e. The van der Waals surface area contributed by atoms with Crippen LogP contribution >= 0.6 is 0 Å². The number of amides is 1. The molecule has 1 N–H and O–H groups in total. The van der Waals surface area contributed by atoms with Gasteiger partial charge in [-0.3, -0.25) is 10.1 Å². The van der Waals surface area contributed by atoms with Crippen LogP contribution in [0.2, 0.25) is 0 Å². The highest BCUT2D eigenvalue weighted by molar-refractivity contribution is 5.82. The second-order valence-electron chi connectivity index (χ2n) is 6.06. The summed E-state index contributed by atoms with van der Waals surface area (Å²) in [6.45, 7) is 5.43. The molecule has 2 aliphatic rings. The van der Waals surface area contributed by atoms with Gasteiger partial charge in [0.15, 0.2) is 0 Å². The zero-order valence-electron chi connectivity index (χ0n) is 11.1. The number of likely N-dealkylation sites (tertiary alicyclic amines) is 1. The largest absolute Gasteiger partial charge is 0.341 e. The fourth-order valence-electron chi connectivity index (χ4n) is 3.00. The Morgan fingerprint density at radius 2 is 2.22 bits per heavy atom. The van der Waals surface area contributed by atoms with Gasteiger partial charge in [0.1, 0.15) is 0 Å². The predicted molar refractivity (Wildman–Crippen MR) is 65.5 cm³/mol. The number of hydrogen-bond donors (Lipinski definition) is 1. The Balaban J connectivity index is 1.84. The molecule has 0 bridgehead atoms. The molecule has 104 valence electrons. The van der Waals surface area contributed by atoms with E-state index < -0.39 is 12.0 Å². The average Bonchev–Trinajstić information content (AvgIpc) is 2.83. The van der Waals surface area contributed by atoms with Crippen molar-refractivity contribution in [1.29, 1.82) is 0 Å². The smallest absolute Gasteiger partial charge is 0.262 e. The molecule has 0 spiro atoms. The molecule has 0 aromatic heterocycles. The molecule has 0 saturated carbocycles. The summed E-state index contributed by atoms with van der Waals surface area (Å²) < 4.78 is 26.1. The van der Waals surface area contributed by atoms with Crippen molar-refractivity contribution in [2.45, 2.75) is 45.1 Å². The van der Waals surface area contributed by atoms with Gasteiger partial charge in [-0.2, -0.15) is 0 Å². The minimum absolute atomic E-state index is 0.140. The van der Waals surface area contributed by atoms with Gasteiger partial charge in [-0.1, -0.05) is 13.8 Å². The molecule has 2 rings (SSSR count). The van der Waals surface area contributed by atoms with Gasteiger partial charge in [-0.15, -0.1) is 0 Å². The summed E-state index contributed by atoms with van der Waals surface area (Å²) in [6.07, 6.45) is 1.77. The van der Waals surface area contributed by atoms with E-state index in [9.17, 15) is 13.6 Å². The summed E-state index contributed by atoms with van der Waals surface area (Å²) in [6, 6.07) is -0.683. The molecule has 2 saturated heterocycles. The summed E-state index contributed by atoms with van der Waals surface area (Å²) in [5.41, 5.74) is 0. The van der Waals surface area contributed by atoms with Crippen LogP contribution in [-0.4, -0.2) is 42.4 Å². The monoisotopic (exact) mass is 260 g/mol. The highest BCUT2D eigenvalue weighted by Gasteiger charge is 2.44. The number of halogens is 2. The Labute approximate surface area is 107 Å². The molecular formula is C13H22F2N2O. The topological polar surface area (TPSA) is 32.3 Å². The fourth-order valence-corrected chi connectivity index (χ4v) is 3.00. The maximum absolute atomic E-state index is 13.1. The Kier molecular flexibility index (Phi) is 3.90. The molecule has 0 aliphatic carbocycles. The zero-order chi connectivity index (χ0) is 13.3. The number of carbonyl (C=O) groups excluding carboxylic acids is 1. The first-order valence-corrected chi connectivity index (χ1v) is 6.77. The van der Waals surface area contributed by atoms with Crippen molar-refractivity contribution in [2.75, 3.05) is 19.6 Å². The summed E-state index contributed by atoms with van der Waals surface area (Å²) in [5.74, 6) is -1.70. The van der Waals surface area contributed by atoms with Crippen LogP contribution in [0.5, 0.6) is 0 Å². The highest BCUT2D eigenvalue weighted by Crippen LogP contribution is 2.28. The van der Waals surface area contributed by atoms with Gasteiger partial charge in [-0.05, 0) is 24.7 Å². The third-order valence-corrected chi connectivity index (χ3v) is 3.81. The number of alkyl halides is 2. The van der Waals surface area contributed by atoms with Crippen molar-refractivity contribution in [3.05, 3.63) is 0 Å². The second kappa shape index (κ2) is 5.11. The van der Waals surface area contributed by atoms with E-state index in [-0.39, 0.29) is 18.9 Å². The van der Waals surface area contributed by atoms with Crippen molar-refractivity contribution >= 4 is 5.91 Å². The lowest BCUT2D eigenvalue weighted by Crippen LogP contribution is -2.42. The lowest BCUT2D eigenvalue weighted by Gasteiger charge is -2.21. The molecular weight excluding hydrogens is 238 g/mol. The summed E-state index contributed by atoms with van der Waals surface area (Å²) in [7, 11) is 0. The average molecular weight is 260 g/mol. The van der Waals surface area contributed by atoms with Crippen LogP contribution in [0.3, 0.4) is 0 Å². The Morgan fingerprint density at radius 3 is 2.78 bits per heavy atom. The van der Waals surface area contributed by atoms with Crippen molar-refractivity contribution in [2.24, 2.45) is 11.8 Å². The molecule has 1 amide bonds. The molecule has 0 radical (unpaired) electrons. The number of nitrogens with one attached hydrogen (secondary N) is 1. The lowest BCUT2D eigenvalue weighted by atomic mass is 9.97. The lowest BCUT2D eigenvalue weighted by molar-refractivity contribution is -0.132. The van der Waals surface area contributed by atoms with Gasteiger partial charge >= 0.3 is 0 Å². The van der Waals surface area contributed by atoms with E-state index in [2.05, 4.69) is 19.2 Å². The van der Waals surface area contributed by atoms with E-state index in [0.29, 0.717) is 11.8 Å². The first-order valence-electron chi connectivity index (χ1n) is 6.77.